The first kappa shape index (κ1) is 15.8. The predicted molar refractivity (Wildman–Crippen MR) is 88.1 cm³/mol. The Kier molecular flexibility index (Phi) is 5.49. The molecule has 0 aliphatic heterocycles. The number of para-hydroxylation sites is 1. The number of halogens is 4. The van der Waals surface area contributed by atoms with Crippen molar-refractivity contribution in [3.8, 4) is 5.75 Å². The van der Waals surface area contributed by atoms with Gasteiger partial charge in [-0.25, -0.2) is 0 Å². The molecule has 0 aliphatic carbocycles. The number of ketones is 1. The zero-order valence-corrected chi connectivity index (χ0v) is 14.7. The van der Waals surface area contributed by atoms with Crippen LogP contribution in [0.25, 0.3) is 0 Å². The van der Waals surface area contributed by atoms with Crippen LogP contribution in [0, 0.1) is 0 Å². The first-order valence-corrected chi connectivity index (χ1v) is 7.88. The monoisotopic (exact) mass is 436 g/mol. The number of rotatable bonds is 4. The summed E-state index contributed by atoms with van der Waals surface area (Å²) in [5.74, 6) is 0.409. The van der Waals surface area contributed by atoms with E-state index < -0.39 is 0 Å². The van der Waals surface area contributed by atoms with Crippen LogP contribution in [-0.4, -0.2) is 12.4 Å². The van der Waals surface area contributed by atoms with Crippen LogP contribution < -0.4 is 4.74 Å². The number of ether oxygens (including phenoxy) is 1. The van der Waals surface area contributed by atoms with E-state index in [4.69, 9.17) is 27.9 Å². The summed E-state index contributed by atoms with van der Waals surface area (Å²) in [5, 5.41) is 0.761. The lowest BCUT2D eigenvalue weighted by atomic mass is 10.1. The molecule has 2 aromatic rings. The van der Waals surface area contributed by atoms with Gasteiger partial charge in [-0.2, -0.15) is 0 Å². The maximum atomic E-state index is 12.0. The van der Waals surface area contributed by atoms with E-state index in [1.165, 1.54) is 6.07 Å². The number of hydrogen-bond donors (Lipinski definition) is 0. The third-order valence-electron chi connectivity index (χ3n) is 2.51. The van der Waals surface area contributed by atoms with Crippen LogP contribution >= 0.6 is 55.1 Å². The summed E-state index contributed by atoms with van der Waals surface area (Å²) in [5.41, 5.74) is 0.461. The molecule has 0 amide bonds. The molecule has 0 unspecified atom stereocenters. The summed E-state index contributed by atoms with van der Waals surface area (Å²) < 4.78 is 7.08. The zero-order chi connectivity index (χ0) is 14.7. The fraction of sp³-hybridized carbons (Fsp3) is 0.0714. The van der Waals surface area contributed by atoms with Crippen LogP contribution in [-0.2, 0) is 0 Å². The number of hydrogen-bond acceptors (Lipinski definition) is 2. The molecule has 104 valence electrons. The molecule has 0 aromatic heterocycles. The number of carbonyl (C=O) groups is 1. The number of Topliss-reactive ketones (excluding diaryl/α,β-unsaturated/α-hetero) is 1. The molecule has 2 rings (SSSR count). The van der Waals surface area contributed by atoms with Crippen LogP contribution in [0.15, 0.2) is 45.3 Å². The van der Waals surface area contributed by atoms with Crippen LogP contribution in [0.5, 0.6) is 5.75 Å². The van der Waals surface area contributed by atoms with Gasteiger partial charge >= 0.3 is 0 Å². The summed E-state index contributed by atoms with van der Waals surface area (Å²) in [6, 6.07) is 10.3. The van der Waals surface area contributed by atoms with E-state index in [0.717, 1.165) is 8.95 Å². The van der Waals surface area contributed by atoms with Crippen molar-refractivity contribution in [2.45, 2.75) is 0 Å². The Hall–Kier alpha value is -0.550. The molecule has 0 atom stereocenters. The van der Waals surface area contributed by atoms with Crippen molar-refractivity contribution in [1.82, 2.24) is 0 Å². The molecule has 0 saturated heterocycles. The number of carbonyl (C=O) groups excluding carboxylic acids is 1. The Balaban J connectivity index is 2.11. The third-order valence-corrected chi connectivity index (χ3v) is 4.50. The van der Waals surface area contributed by atoms with E-state index in [1.807, 2.05) is 18.2 Å². The summed E-state index contributed by atoms with van der Waals surface area (Å²) in [6.07, 6.45) is 0. The van der Waals surface area contributed by atoms with Crippen molar-refractivity contribution in [1.29, 1.82) is 0 Å². The van der Waals surface area contributed by atoms with Crippen molar-refractivity contribution < 1.29 is 9.53 Å². The maximum Gasteiger partial charge on any atom is 0.200 e. The van der Waals surface area contributed by atoms with Gasteiger partial charge in [-0.1, -0.05) is 29.3 Å². The van der Waals surface area contributed by atoms with Crippen molar-refractivity contribution >= 4 is 60.8 Å². The molecular weight excluding hydrogens is 431 g/mol. The molecule has 0 spiro atoms. The minimum atomic E-state index is -0.175. The van der Waals surface area contributed by atoms with Gasteiger partial charge in [0.1, 0.15) is 5.75 Å². The fourth-order valence-electron chi connectivity index (χ4n) is 1.51. The molecule has 0 fully saturated rings. The first-order valence-electron chi connectivity index (χ1n) is 5.54. The minimum Gasteiger partial charge on any atom is -0.483 e. The molecule has 0 N–H and O–H groups in total. The molecule has 0 aliphatic rings. The molecule has 0 radical (unpaired) electrons. The van der Waals surface area contributed by atoms with Gasteiger partial charge in [0.2, 0.25) is 0 Å². The normalized spacial score (nSPS) is 10.4. The lowest BCUT2D eigenvalue weighted by Gasteiger charge is -2.09. The summed E-state index contributed by atoms with van der Waals surface area (Å²) in [7, 11) is 0. The molecule has 6 heteroatoms. The van der Waals surface area contributed by atoms with Crippen LogP contribution in [0.2, 0.25) is 10.0 Å². The molecule has 0 bridgehead atoms. The van der Waals surface area contributed by atoms with Gasteiger partial charge in [0.15, 0.2) is 12.4 Å². The van der Waals surface area contributed by atoms with Crippen LogP contribution in [0.3, 0.4) is 0 Å². The smallest absolute Gasteiger partial charge is 0.200 e. The zero-order valence-electron chi connectivity index (χ0n) is 10.00. The fourth-order valence-corrected chi connectivity index (χ4v) is 3.04. The highest BCUT2D eigenvalue weighted by Crippen LogP contribution is 2.33. The quantitative estimate of drug-likeness (QED) is 0.565. The second-order valence-electron chi connectivity index (χ2n) is 3.89. The van der Waals surface area contributed by atoms with Gasteiger partial charge in [0.05, 0.1) is 19.0 Å². The average molecular weight is 439 g/mol. The topological polar surface area (TPSA) is 26.3 Å². The second-order valence-corrected chi connectivity index (χ2v) is 6.41. The van der Waals surface area contributed by atoms with Crippen LogP contribution in [0.1, 0.15) is 10.4 Å². The van der Waals surface area contributed by atoms with Gasteiger partial charge in [0.25, 0.3) is 0 Å². The lowest BCUT2D eigenvalue weighted by molar-refractivity contribution is 0.0920. The minimum absolute atomic E-state index is 0.0842. The van der Waals surface area contributed by atoms with Crippen molar-refractivity contribution in [2.24, 2.45) is 0 Å². The van der Waals surface area contributed by atoms with Gasteiger partial charge < -0.3 is 4.74 Å². The van der Waals surface area contributed by atoms with Crippen molar-refractivity contribution in [3.63, 3.8) is 0 Å². The molecule has 0 saturated carbocycles. The first-order chi connectivity index (χ1) is 9.49. The average Bonchev–Trinajstić information content (AvgIpc) is 2.41. The Morgan fingerprint density at radius 1 is 1.05 bits per heavy atom. The van der Waals surface area contributed by atoms with Gasteiger partial charge in [0, 0.05) is 5.56 Å². The largest absolute Gasteiger partial charge is 0.483 e. The van der Waals surface area contributed by atoms with E-state index in [1.54, 1.807) is 12.1 Å². The second kappa shape index (κ2) is 6.94. The van der Waals surface area contributed by atoms with E-state index in [0.29, 0.717) is 21.4 Å². The van der Waals surface area contributed by atoms with Gasteiger partial charge in [-0.05, 0) is 62.2 Å². The van der Waals surface area contributed by atoms with Crippen LogP contribution in [0.4, 0.5) is 0 Å². The molecule has 2 nitrogen and oxygen atoms in total. The standard InChI is InChI=1S/C14H8Br2Cl2O2/c15-9-2-1-3-10(16)14(9)20-7-13(19)8-4-5-11(17)12(18)6-8/h1-6H,7H2. The Labute approximate surface area is 143 Å². The van der Waals surface area contributed by atoms with E-state index in [2.05, 4.69) is 31.9 Å². The summed E-state index contributed by atoms with van der Waals surface area (Å²) in [4.78, 5) is 12.0. The molecule has 20 heavy (non-hydrogen) atoms. The van der Waals surface area contributed by atoms with Crippen molar-refractivity contribution in [3.05, 3.63) is 61.0 Å². The lowest BCUT2D eigenvalue weighted by Crippen LogP contribution is -2.12. The van der Waals surface area contributed by atoms with E-state index >= 15 is 0 Å². The van der Waals surface area contributed by atoms with E-state index in [-0.39, 0.29) is 12.4 Å². The van der Waals surface area contributed by atoms with Gasteiger partial charge in [-0.15, -0.1) is 0 Å². The van der Waals surface area contributed by atoms with Gasteiger partial charge in [-0.3, -0.25) is 4.79 Å². The third kappa shape index (κ3) is 3.76. The predicted octanol–water partition coefficient (Wildman–Crippen LogP) is 5.78. The maximum absolute atomic E-state index is 12.0. The molecular formula is C14H8Br2Cl2O2. The highest BCUT2D eigenvalue weighted by Gasteiger charge is 2.12. The SMILES string of the molecule is O=C(COc1c(Br)cccc1Br)c1ccc(Cl)c(Cl)c1. The highest BCUT2D eigenvalue weighted by atomic mass is 79.9. The Morgan fingerprint density at radius 3 is 2.30 bits per heavy atom. The molecule has 0 heterocycles. The molecule has 2 aromatic carbocycles. The van der Waals surface area contributed by atoms with E-state index in [9.17, 15) is 4.79 Å². The Bertz CT molecular complexity index is 639. The highest BCUT2D eigenvalue weighted by molar-refractivity contribution is 9.11. The summed E-state index contributed by atoms with van der Waals surface area (Å²) >= 11 is 18.4. The summed E-state index contributed by atoms with van der Waals surface area (Å²) in [6.45, 7) is -0.0842. The number of benzene rings is 2. The van der Waals surface area contributed by atoms with Crippen molar-refractivity contribution in [2.75, 3.05) is 6.61 Å². The Morgan fingerprint density at radius 2 is 1.70 bits per heavy atom.